The van der Waals surface area contributed by atoms with E-state index in [0.717, 1.165) is 27.4 Å². The third kappa shape index (κ3) is 2.81. The fraction of sp³-hybridized carbons (Fsp3) is 0. The van der Waals surface area contributed by atoms with Gasteiger partial charge >= 0.3 is 5.63 Å². The molecule has 0 bridgehead atoms. The van der Waals surface area contributed by atoms with E-state index in [9.17, 15) is 4.79 Å². The number of rotatable bonds is 3. The zero-order valence-corrected chi connectivity index (χ0v) is 16.5. The molecule has 0 fully saturated rings. The molecule has 4 nitrogen and oxygen atoms in total. The van der Waals surface area contributed by atoms with Crippen LogP contribution in [0.5, 0.6) is 0 Å². The maximum Gasteiger partial charge on any atom is 0.348 e. The first-order valence-electron chi connectivity index (χ1n) is 10.1. The molecule has 148 valence electrons. The Morgan fingerprint density at radius 3 is 2.23 bits per heavy atom. The molecule has 2 heterocycles. The molecule has 0 saturated carbocycles. The zero-order chi connectivity index (χ0) is 20.8. The van der Waals surface area contributed by atoms with Crippen molar-refractivity contribution in [2.45, 2.75) is 0 Å². The topological polar surface area (TPSA) is 55.4 Å². The van der Waals surface area contributed by atoms with Crippen LogP contribution in [-0.2, 0) is 0 Å². The molecule has 0 amide bonds. The molecule has 1 N–H and O–H groups in total. The fourth-order valence-corrected chi connectivity index (χ4v) is 4.15. The SMILES string of the molecule is O=c1oc2ccccc2c2oc(Nc3ccccc3)c(-c3cccc4ccccc34)c12. The van der Waals surface area contributed by atoms with Gasteiger partial charge in [-0.1, -0.05) is 72.8 Å². The van der Waals surface area contributed by atoms with Gasteiger partial charge in [0.25, 0.3) is 0 Å². The number of hydrogen-bond acceptors (Lipinski definition) is 4. The molecular formula is C27H17NO3. The highest BCUT2D eigenvalue weighted by molar-refractivity contribution is 6.13. The first-order valence-corrected chi connectivity index (χ1v) is 10.1. The summed E-state index contributed by atoms with van der Waals surface area (Å²) in [5, 5.41) is 6.70. The normalized spacial score (nSPS) is 11.4. The summed E-state index contributed by atoms with van der Waals surface area (Å²) in [6, 6.07) is 31.4. The fourth-order valence-electron chi connectivity index (χ4n) is 4.15. The van der Waals surface area contributed by atoms with E-state index in [-0.39, 0.29) is 0 Å². The molecule has 0 aliphatic carbocycles. The zero-order valence-electron chi connectivity index (χ0n) is 16.5. The summed E-state index contributed by atoms with van der Waals surface area (Å²) in [5.41, 5.74) is 3.10. The minimum Gasteiger partial charge on any atom is -0.439 e. The van der Waals surface area contributed by atoms with Crippen LogP contribution in [0.1, 0.15) is 0 Å². The molecule has 0 radical (unpaired) electrons. The van der Waals surface area contributed by atoms with Crippen molar-refractivity contribution in [1.82, 2.24) is 0 Å². The van der Waals surface area contributed by atoms with Crippen LogP contribution in [0.15, 0.2) is 111 Å². The van der Waals surface area contributed by atoms with Crippen LogP contribution in [0.2, 0.25) is 0 Å². The molecule has 0 saturated heterocycles. The molecular weight excluding hydrogens is 386 g/mol. The highest BCUT2D eigenvalue weighted by atomic mass is 16.4. The molecule has 2 aromatic heterocycles. The van der Waals surface area contributed by atoms with Gasteiger partial charge in [-0.25, -0.2) is 4.79 Å². The summed E-state index contributed by atoms with van der Waals surface area (Å²) in [7, 11) is 0. The van der Waals surface area contributed by atoms with Crippen molar-refractivity contribution in [2.75, 3.05) is 5.32 Å². The average Bonchev–Trinajstić information content (AvgIpc) is 3.19. The number of hydrogen-bond donors (Lipinski definition) is 1. The lowest BCUT2D eigenvalue weighted by Gasteiger charge is -2.09. The first-order chi connectivity index (χ1) is 15.3. The molecule has 31 heavy (non-hydrogen) atoms. The lowest BCUT2D eigenvalue weighted by molar-refractivity contribution is 0.566. The second kappa shape index (κ2) is 6.89. The molecule has 6 aromatic rings. The van der Waals surface area contributed by atoms with E-state index >= 15 is 0 Å². The van der Waals surface area contributed by atoms with Gasteiger partial charge in [-0.3, -0.25) is 0 Å². The third-order valence-corrected chi connectivity index (χ3v) is 5.54. The van der Waals surface area contributed by atoms with Crippen molar-refractivity contribution in [1.29, 1.82) is 0 Å². The Kier molecular flexibility index (Phi) is 3.90. The smallest absolute Gasteiger partial charge is 0.348 e. The number of benzene rings is 4. The van der Waals surface area contributed by atoms with E-state index in [1.54, 1.807) is 6.07 Å². The summed E-state index contributed by atoms with van der Waals surface area (Å²) in [6.07, 6.45) is 0. The van der Waals surface area contributed by atoms with Crippen LogP contribution >= 0.6 is 0 Å². The standard InChI is InChI=1S/C27H17NO3/c29-27-24-23(20-15-8-10-17-9-4-5-13-19(17)20)26(28-18-11-2-1-3-12-18)31-25(24)21-14-6-7-16-22(21)30-27/h1-16,28H. The summed E-state index contributed by atoms with van der Waals surface area (Å²) < 4.78 is 12.0. The van der Waals surface area contributed by atoms with Crippen molar-refractivity contribution >= 4 is 44.3 Å². The van der Waals surface area contributed by atoms with Gasteiger partial charge < -0.3 is 14.2 Å². The maximum absolute atomic E-state index is 13.1. The van der Waals surface area contributed by atoms with Gasteiger partial charge in [0.15, 0.2) is 5.58 Å². The van der Waals surface area contributed by atoms with Crippen LogP contribution in [0.3, 0.4) is 0 Å². The summed E-state index contributed by atoms with van der Waals surface area (Å²) in [4.78, 5) is 13.1. The second-order valence-corrected chi connectivity index (χ2v) is 7.41. The van der Waals surface area contributed by atoms with E-state index in [0.29, 0.717) is 28.0 Å². The predicted octanol–water partition coefficient (Wildman–Crippen LogP) is 7.10. The number of nitrogens with one attached hydrogen (secondary N) is 1. The summed E-state index contributed by atoms with van der Waals surface area (Å²) in [5.74, 6) is 0.515. The minimum atomic E-state index is -0.415. The maximum atomic E-state index is 13.1. The molecule has 0 aliphatic heterocycles. The van der Waals surface area contributed by atoms with Crippen LogP contribution in [0.25, 0.3) is 43.8 Å². The Balaban J connectivity index is 1.75. The van der Waals surface area contributed by atoms with Gasteiger partial charge in [0, 0.05) is 5.69 Å². The van der Waals surface area contributed by atoms with Gasteiger partial charge in [0.2, 0.25) is 5.88 Å². The third-order valence-electron chi connectivity index (χ3n) is 5.54. The highest BCUT2D eigenvalue weighted by Gasteiger charge is 2.23. The van der Waals surface area contributed by atoms with Gasteiger partial charge in [-0.2, -0.15) is 0 Å². The summed E-state index contributed by atoms with van der Waals surface area (Å²) >= 11 is 0. The second-order valence-electron chi connectivity index (χ2n) is 7.41. The van der Waals surface area contributed by atoms with Crippen LogP contribution in [-0.4, -0.2) is 0 Å². The molecule has 6 rings (SSSR count). The quantitative estimate of drug-likeness (QED) is 0.320. The highest BCUT2D eigenvalue weighted by Crippen LogP contribution is 2.43. The van der Waals surface area contributed by atoms with E-state index in [1.807, 2.05) is 72.8 Å². The van der Waals surface area contributed by atoms with Crippen LogP contribution < -0.4 is 10.9 Å². The van der Waals surface area contributed by atoms with E-state index in [4.69, 9.17) is 8.83 Å². The lowest BCUT2D eigenvalue weighted by Crippen LogP contribution is -2.00. The minimum absolute atomic E-state index is 0.415. The molecule has 0 atom stereocenters. The van der Waals surface area contributed by atoms with Gasteiger partial charge in [0.05, 0.1) is 10.9 Å². The Bertz CT molecular complexity index is 1620. The van der Waals surface area contributed by atoms with Crippen molar-refractivity contribution < 1.29 is 8.83 Å². The molecule has 0 aliphatic rings. The monoisotopic (exact) mass is 403 g/mol. The van der Waals surface area contributed by atoms with Crippen LogP contribution in [0.4, 0.5) is 11.6 Å². The van der Waals surface area contributed by atoms with E-state index < -0.39 is 5.63 Å². The number of para-hydroxylation sites is 2. The van der Waals surface area contributed by atoms with Gasteiger partial charge in [-0.15, -0.1) is 0 Å². The molecule has 0 unspecified atom stereocenters. The Morgan fingerprint density at radius 2 is 1.35 bits per heavy atom. The van der Waals surface area contributed by atoms with Crippen LogP contribution in [0, 0.1) is 0 Å². The number of anilines is 2. The van der Waals surface area contributed by atoms with Gasteiger partial charge in [-0.05, 0) is 40.6 Å². The summed E-state index contributed by atoms with van der Waals surface area (Å²) in [6.45, 7) is 0. The Morgan fingerprint density at radius 1 is 0.645 bits per heavy atom. The predicted molar refractivity (Wildman–Crippen MR) is 125 cm³/mol. The number of furan rings is 1. The molecule has 4 aromatic carbocycles. The van der Waals surface area contributed by atoms with Crippen molar-refractivity contribution in [3.8, 4) is 11.1 Å². The number of fused-ring (bicyclic) bond motifs is 4. The molecule has 0 spiro atoms. The molecule has 4 heteroatoms. The van der Waals surface area contributed by atoms with Crippen molar-refractivity contribution in [3.05, 3.63) is 107 Å². The van der Waals surface area contributed by atoms with Crippen molar-refractivity contribution in [2.24, 2.45) is 0 Å². The largest absolute Gasteiger partial charge is 0.439 e. The first kappa shape index (κ1) is 17.5. The Labute approximate surface area is 177 Å². The average molecular weight is 403 g/mol. The van der Waals surface area contributed by atoms with E-state index in [1.165, 1.54) is 0 Å². The van der Waals surface area contributed by atoms with E-state index in [2.05, 4.69) is 23.5 Å². The van der Waals surface area contributed by atoms with Crippen molar-refractivity contribution in [3.63, 3.8) is 0 Å². The lowest BCUT2D eigenvalue weighted by atomic mass is 9.97. The Hall–Kier alpha value is -4.31. The van der Waals surface area contributed by atoms with Gasteiger partial charge in [0.1, 0.15) is 11.0 Å².